The standard InChI is InChI=1S/C28H27N3O6/c1-19-7-9-20(10-8-19)26(28(34)29-17-23-5-3-15-36-23)31(21-11-13-22(35-2)14-12-21)25(32)18-30-27(33)24-6-4-16-37-24/h3-16,26H,17-18H2,1-2H3,(H,29,34)(H,30,33)/t26-/m1/s1. The number of aryl methyl sites for hydroxylation is 1. The molecule has 0 fully saturated rings. The van der Waals surface area contributed by atoms with Crippen LogP contribution >= 0.6 is 0 Å². The molecule has 0 unspecified atom stereocenters. The van der Waals surface area contributed by atoms with Gasteiger partial charge in [-0.1, -0.05) is 29.8 Å². The molecule has 0 aliphatic carbocycles. The van der Waals surface area contributed by atoms with Crippen LogP contribution in [0.15, 0.2) is 94.2 Å². The lowest BCUT2D eigenvalue weighted by Gasteiger charge is -2.31. The first-order valence-corrected chi connectivity index (χ1v) is 11.6. The number of nitrogens with one attached hydrogen (secondary N) is 2. The van der Waals surface area contributed by atoms with Crippen LogP contribution in [0.5, 0.6) is 5.75 Å². The van der Waals surface area contributed by atoms with E-state index in [0.29, 0.717) is 22.8 Å². The van der Waals surface area contributed by atoms with Gasteiger partial charge in [-0.2, -0.15) is 0 Å². The summed E-state index contributed by atoms with van der Waals surface area (Å²) in [7, 11) is 1.54. The molecule has 2 N–H and O–H groups in total. The number of hydrogen-bond acceptors (Lipinski definition) is 6. The number of methoxy groups -OCH3 is 1. The molecule has 0 aliphatic heterocycles. The Kier molecular flexibility index (Phi) is 8.05. The van der Waals surface area contributed by atoms with E-state index in [4.69, 9.17) is 13.6 Å². The zero-order valence-electron chi connectivity index (χ0n) is 20.5. The monoisotopic (exact) mass is 501 g/mol. The fourth-order valence-electron chi connectivity index (χ4n) is 3.77. The summed E-state index contributed by atoms with van der Waals surface area (Å²) in [6.45, 7) is 1.72. The third-order valence-corrected chi connectivity index (χ3v) is 5.68. The molecule has 190 valence electrons. The average Bonchev–Trinajstić information content (AvgIpc) is 3.64. The van der Waals surface area contributed by atoms with Gasteiger partial charge in [0.2, 0.25) is 11.8 Å². The summed E-state index contributed by atoms with van der Waals surface area (Å²) < 4.78 is 15.7. The highest BCUT2D eigenvalue weighted by Gasteiger charge is 2.33. The molecule has 2 heterocycles. The maximum atomic E-state index is 13.6. The van der Waals surface area contributed by atoms with Gasteiger partial charge in [0, 0.05) is 5.69 Å². The molecule has 0 saturated heterocycles. The minimum absolute atomic E-state index is 0.0788. The lowest BCUT2D eigenvalue weighted by molar-refractivity contribution is -0.126. The number of carbonyl (C=O) groups is 3. The van der Waals surface area contributed by atoms with Crippen LogP contribution in [0.1, 0.15) is 33.5 Å². The second kappa shape index (κ2) is 11.8. The first kappa shape index (κ1) is 25.3. The van der Waals surface area contributed by atoms with Crippen molar-refractivity contribution in [2.45, 2.75) is 19.5 Å². The van der Waals surface area contributed by atoms with E-state index in [9.17, 15) is 14.4 Å². The molecule has 0 aliphatic rings. The molecule has 9 heteroatoms. The Morgan fingerprint density at radius 3 is 2.22 bits per heavy atom. The Morgan fingerprint density at radius 1 is 0.892 bits per heavy atom. The van der Waals surface area contributed by atoms with E-state index in [0.717, 1.165) is 5.56 Å². The summed E-state index contributed by atoms with van der Waals surface area (Å²) in [4.78, 5) is 41.0. The molecule has 0 radical (unpaired) electrons. The van der Waals surface area contributed by atoms with Crippen molar-refractivity contribution in [1.82, 2.24) is 10.6 Å². The maximum absolute atomic E-state index is 13.6. The molecule has 4 rings (SSSR count). The lowest BCUT2D eigenvalue weighted by Crippen LogP contribution is -2.47. The summed E-state index contributed by atoms with van der Waals surface area (Å²) >= 11 is 0. The average molecular weight is 502 g/mol. The molecule has 1 atom stereocenters. The highest BCUT2D eigenvalue weighted by atomic mass is 16.5. The quantitative estimate of drug-likeness (QED) is 0.339. The summed E-state index contributed by atoms with van der Waals surface area (Å²) in [5.41, 5.74) is 2.06. The van der Waals surface area contributed by atoms with Crippen LogP contribution in [0.3, 0.4) is 0 Å². The molecule has 2 aromatic carbocycles. The van der Waals surface area contributed by atoms with Gasteiger partial charge in [-0.25, -0.2) is 0 Å². The van der Waals surface area contributed by atoms with Gasteiger partial charge in [0.25, 0.3) is 5.91 Å². The second-order valence-electron chi connectivity index (χ2n) is 8.23. The van der Waals surface area contributed by atoms with Crippen LogP contribution in [0.4, 0.5) is 5.69 Å². The Bertz CT molecular complexity index is 1310. The number of amides is 3. The largest absolute Gasteiger partial charge is 0.497 e. The Morgan fingerprint density at radius 2 is 1.59 bits per heavy atom. The van der Waals surface area contributed by atoms with E-state index in [2.05, 4.69) is 10.6 Å². The van der Waals surface area contributed by atoms with Crippen molar-refractivity contribution in [3.63, 3.8) is 0 Å². The summed E-state index contributed by atoms with van der Waals surface area (Å²) in [5.74, 6) is -0.205. The van der Waals surface area contributed by atoms with Gasteiger partial charge < -0.3 is 24.2 Å². The van der Waals surface area contributed by atoms with Crippen molar-refractivity contribution in [2.75, 3.05) is 18.6 Å². The van der Waals surface area contributed by atoms with Crippen molar-refractivity contribution < 1.29 is 28.0 Å². The van der Waals surface area contributed by atoms with E-state index < -0.39 is 23.8 Å². The predicted octanol–water partition coefficient (Wildman–Crippen LogP) is 4.01. The zero-order chi connectivity index (χ0) is 26.2. The van der Waals surface area contributed by atoms with E-state index in [-0.39, 0.29) is 18.8 Å². The van der Waals surface area contributed by atoms with Gasteiger partial charge in [-0.3, -0.25) is 19.3 Å². The number of rotatable bonds is 10. The molecule has 0 saturated carbocycles. The Labute approximate surface area is 214 Å². The van der Waals surface area contributed by atoms with Crippen molar-refractivity contribution in [3.8, 4) is 5.75 Å². The van der Waals surface area contributed by atoms with Crippen molar-refractivity contribution in [1.29, 1.82) is 0 Å². The molecule has 0 spiro atoms. The van der Waals surface area contributed by atoms with Crippen LogP contribution < -0.4 is 20.3 Å². The number of carbonyl (C=O) groups excluding carboxylic acids is 3. The highest BCUT2D eigenvalue weighted by Crippen LogP contribution is 2.30. The minimum Gasteiger partial charge on any atom is -0.497 e. The number of anilines is 1. The number of ether oxygens (including phenoxy) is 1. The molecule has 3 amide bonds. The Balaban J connectivity index is 1.68. The van der Waals surface area contributed by atoms with Gasteiger partial charge in [0.15, 0.2) is 5.76 Å². The van der Waals surface area contributed by atoms with Crippen LogP contribution in [0.2, 0.25) is 0 Å². The van der Waals surface area contributed by atoms with Crippen molar-refractivity contribution in [3.05, 3.63) is 108 Å². The Hall–Kier alpha value is -4.79. The first-order chi connectivity index (χ1) is 18.0. The fraction of sp³-hybridized carbons (Fsp3) is 0.179. The normalized spacial score (nSPS) is 11.4. The molecule has 4 aromatic rings. The van der Waals surface area contributed by atoms with Gasteiger partial charge >= 0.3 is 0 Å². The zero-order valence-corrected chi connectivity index (χ0v) is 20.5. The fourth-order valence-corrected chi connectivity index (χ4v) is 3.77. The van der Waals surface area contributed by atoms with Crippen molar-refractivity contribution in [2.24, 2.45) is 0 Å². The molecule has 0 bridgehead atoms. The van der Waals surface area contributed by atoms with Crippen LogP contribution in [0.25, 0.3) is 0 Å². The topological polar surface area (TPSA) is 114 Å². The molecule has 37 heavy (non-hydrogen) atoms. The smallest absolute Gasteiger partial charge is 0.287 e. The van der Waals surface area contributed by atoms with Gasteiger partial charge in [-0.15, -0.1) is 0 Å². The van der Waals surface area contributed by atoms with Gasteiger partial charge in [0.05, 0.1) is 32.7 Å². The first-order valence-electron chi connectivity index (χ1n) is 11.6. The van der Waals surface area contributed by atoms with Crippen LogP contribution in [-0.4, -0.2) is 31.4 Å². The van der Waals surface area contributed by atoms with E-state index in [1.165, 1.54) is 23.5 Å². The number of benzene rings is 2. The number of nitrogens with zero attached hydrogens (tertiary/aromatic N) is 1. The number of hydrogen-bond donors (Lipinski definition) is 2. The molecule has 9 nitrogen and oxygen atoms in total. The van der Waals surface area contributed by atoms with E-state index in [1.807, 2.05) is 19.1 Å². The summed E-state index contributed by atoms with van der Waals surface area (Å²) in [6.07, 6.45) is 2.89. The highest BCUT2D eigenvalue weighted by molar-refractivity contribution is 6.04. The van der Waals surface area contributed by atoms with Gasteiger partial charge in [-0.05, 0) is 61.0 Å². The van der Waals surface area contributed by atoms with Crippen LogP contribution in [-0.2, 0) is 16.1 Å². The summed E-state index contributed by atoms with van der Waals surface area (Å²) in [5, 5.41) is 5.43. The third-order valence-electron chi connectivity index (χ3n) is 5.68. The lowest BCUT2D eigenvalue weighted by atomic mass is 10.0. The molecular weight excluding hydrogens is 474 g/mol. The SMILES string of the molecule is COc1ccc(N(C(=O)CNC(=O)c2ccco2)[C@@H](C(=O)NCc2ccco2)c2ccc(C)cc2)cc1. The van der Waals surface area contributed by atoms with Crippen molar-refractivity contribution >= 4 is 23.4 Å². The maximum Gasteiger partial charge on any atom is 0.287 e. The van der Waals surface area contributed by atoms with Gasteiger partial charge in [0.1, 0.15) is 17.6 Å². The minimum atomic E-state index is -1.03. The van der Waals surface area contributed by atoms with E-state index >= 15 is 0 Å². The molecule has 2 aromatic heterocycles. The number of furan rings is 2. The molecular formula is C28H27N3O6. The summed E-state index contributed by atoms with van der Waals surface area (Å²) in [6, 6.07) is 19.6. The second-order valence-corrected chi connectivity index (χ2v) is 8.23. The van der Waals surface area contributed by atoms with Crippen LogP contribution in [0, 0.1) is 6.92 Å². The third kappa shape index (κ3) is 6.26. The predicted molar refractivity (Wildman–Crippen MR) is 136 cm³/mol. The van der Waals surface area contributed by atoms with E-state index in [1.54, 1.807) is 61.7 Å².